The summed E-state index contributed by atoms with van der Waals surface area (Å²) in [5, 5.41) is 12.9. The lowest BCUT2D eigenvalue weighted by atomic mass is 10.1. The van der Waals surface area contributed by atoms with Crippen LogP contribution in [0.25, 0.3) is 0 Å². The Morgan fingerprint density at radius 2 is 1.75 bits per heavy atom. The Bertz CT molecular complexity index is 757. The molecule has 0 aliphatic heterocycles. The van der Waals surface area contributed by atoms with Gasteiger partial charge >= 0.3 is 0 Å². The fourth-order valence-corrected chi connectivity index (χ4v) is 1.97. The number of hydrogen-bond acceptors (Lipinski definition) is 4. The quantitative estimate of drug-likeness (QED) is 0.653. The molecule has 0 saturated heterocycles. The summed E-state index contributed by atoms with van der Waals surface area (Å²) in [5.74, 6) is 0.454. The van der Waals surface area contributed by atoms with Gasteiger partial charge in [0, 0.05) is 5.56 Å². The van der Waals surface area contributed by atoms with Gasteiger partial charge < -0.3 is 4.74 Å². The Kier molecular flexibility index (Phi) is 6.09. The third-order valence-corrected chi connectivity index (χ3v) is 3.35. The molecule has 0 atom stereocenters. The van der Waals surface area contributed by atoms with Crippen LogP contribution in [-0.2, 0) is 0 Å². The average molecular weight is 321 g/mol. The minimum absolute atomic E-state index is 0.287. The van der Waals surface area contributed by atoms with Crippen molar-refractivity contribution >= 4 is 11.6 Å². The second-order valence-corrected chi connectivity index (χ2v) is 5.20. The number of ether oxygens (including phenoxy) is 1. The molecule has 0 aromatic heterocycles. The van der Waals surface area contributed by atoms with Crippen LogP contribution in [0.5, 0.6) is 5.75 Å². The maximum atomic E-state index is 12.1. The number of hydrogen-bond donors (Lipinski definition) is 1. The van der Waals surface area contributed by atoms with Crippen molar-refractivity contribution in [3.8, 4) is 11.8 Å². The van der Waals surface area contributed by atoms with Gasteiger partial charge in [0.1, 0.15) is 5.75 Å². The first-order chi connectivity index (χ1) is 11.6. The molecule has 0 unspecified atom stereocenters. The summed E-state index contributed by atoms with van der Waals surface area (Å²) in [4.78, 5) is 12.1. The summed E-state index contributed by atoms with van der Waals surface area (Å²) < 4.78 is 5.48. The van der Waals surface area contributed by atoms with E-state index in [1.807, 2.05) is 6.92 Å². The maximum Gasteiger partial charge on any atom is 0.271 e. The summed E-state index contributed by atoms with van der Waals surface area (Å²) in [5.41, 5.74) is 5.13. The summed E-state index contributed by atoms with van der Waals surface area (Å²) in [7, 11) is 0. The smallest absolute Gasteiger partial charge is 0.271 e. The number of amides is 1. The minimum atomic E-state index is -0.287. The van der Waals surface area contributed by atoms with Crippen LogP contribution in [0.4, 0.5) is 0 Å². The molecule has 1 amide bonds. The van der Waals surface area contributed by atoms with Crippen LogP contribution in [0, 0.1) is 11.3 Å². The topological polar surface area (TPSA) is 74.5 Å². The first-order valence-electron chi connectivity index (χ1n) is 7.72. The van der Waals surface area contributed by atoms with Gasteiger partial charge in [0.2, 0.25) is 0 Å². The molecule has 0 spiro atoms. The van der Waals surface area contributed by atoms with Crippen LogP contribution in [0.2, 0.25) is 0 Å². The third kappa shape index (κ3) is 4.68. The van der Waals surface area contributed by atoms with Crippen molar-refractivity contribution in [3.05, 3.63) is 65.2 Å². The highest BCUT2D eigenvalue weighted by Gasteiger charge is 2.05. The Labute approximate surface area is 141 Å². The second-order valence-electron chi connectivity index (χ2n) is 5.20. The Hall–Kier alpha value is -3.13. The normalized spacial score (nSPS) is 10.8. The molecule has 5 heteroatoms. The van der Waals surface area contributed by atoms with Gasteiger partial charge in [-0.05, 0) is 55.3 Å². The SMILES string of the molecule is CCCOc1ccc(C(=O)N/N=C(/C)c2ccc(C#N)cc2)cc1. The molecule has 122 valence electrons. The lowest BCUT2D eigenvalue weighted by Gasteiger charge is -2.06. The van der Waals surface area contributed by atoms with Crippen molar-refractivity contribution in [1.82, 2.24) is 5.43 Å². The third-order valence-electron chi connectivity index (χ3n) is 3.35. The zero-order valence-electron chi connectivity index (χ0n) is 13.7. The van der Waals surface area contributed by atoms with Crippen molar-refractivity contribution < 1.29 is 9.53 Å². The fraction of sp³-hybridized carbons (Fsp3) is 0.211. The first kappa shape index (κ1) is 17.2. The summed E-state index contributed by atoms with van der Waals surface area (Å²) in [6.45, 7) is 4.49. The number of carbonyl (C=O) groups excluding carboxylic acids is 1. The van der Waals surface area contributed by atoms with Crippen molar-refractivity contribution in [2.45, 2.75) is 20.3 Å². The fourth-order valence-electron chi connectivity index (χ4n) is 1.97. The maximum absolute atomic E-state index is 12.1. The Morgan fingerprint density at radius 1 is 1.12 bits per heavy atom. The van der Waals surface area contributed by atoms with Crippen molar-refractivity contribution in [2.75, 3.05) is 6.61 Å². The Balaban J connectivity index is 1.99. The highest BCUT2D eigenvalue weighted by molar-refractivity contribution is 6.00. The molecule has 2 aromatic carbocycles. The van der Waals surface area contributed by atoms with Crippen LogP contribution < -0.4 is 10.2 Å². The standard InChI is InChI=1S/C19H19N3O2/c1-3-12-24-18-10-8-17(9-11-18)19(23)22-21-14(2)16-6-4-15(13-20)5-7-16/h4-11H,3,12H2,1-2H3,(H,22,23)/b21-14-. The zero-order chi connectivity index (χ0) is 17.4. The van der Waals surface area contributed by atoms with Crippen LogP contribution in [-0.4, -0.2) is 18.2 Å². The number of benzene rings is 2. The number of hydrazone groups is 1. The van der Waals surface area contributed by atoms with E-state index >= 15 is 0 Å². The van der Waals surface area contributed by atoms with Gasteiger partial charge in [0.15, 0.2) is 0 Å². The van der Waals surface area contributed by atoms with Gasteiger partial charge in [-0.25, -0.2) is 5.43 Å². The van der Waals surface area contributed by atoms with E-state index in [0.29, 0.717) is 23.4 Å². The molecule has 0 saturated carbocycles. The summed E-state index contributed by atoms with van der Waals surface area (Å²) >= 11 is 0. The second kappa shape index (κ2) is 8.49. The molecule has 2 aromatic rings. The lowest BCUT2D eigenvalue weighted by molar-refractivity contribution is 0.0955. The first-order valence-corrected chi connectivity index (χ1v) is 7.72. The highest BCUT2D eigenvalue weighted by atomic mass is 16.5. The molecule has 2 rings (SSSR count). The van der Waals surface area contributed by atoms with E-state index in [2.05, 4.69) is 16.6 Å². The number of nitrogens with one attached hydrogen (secondary N) is 1. The van der Waals surface area contributed by atoms with E-state index in [-0.39, 0.29) is 5.91 Å². The molecule has 0 heterocycles. The average Bonchev–Trinajstić information content (AvgIpc) is 2.64. The van der Waals surface area contributed by atoms with Gasteiger partial charge in [-0.15, -0.1) is 0 Å². The number of rotatable bonds is 6. The van der Waals surface area contributed by atoms with E-state index in [0.717, 1.165) is 17.7 Å². The Morgan fingerprint density at radius 3 is 2.33 bits per heavy atom. The molecule has 0 radical (unpaired) electrons. The van der Waals surface area contributed by atoms with Crippen molar-refractivity contribution in [3.63, 3.8) is 0 Å². The number of nitriles is 1. The van der Waals surface area contributed by atoms with Gasteiger partial charge in [-0.2, -0.15) is 10.4 Å². The number of nitrogens with zero attached hydrogens (tertiary/aromatic N) is 2. The predicted molar refractivity (Wildman–Crippen MR) is 93.1 cm³/mol. The van der Waals surface area contributed by atoms with Crippen molar-refractivity contribution in [2.24, 2.45) is 5.10 Å². The van der Waals surface area contributed by atoms with Crippen LogP contribution in [0.1, 0.15) is 41.8 Å². The van der Waals surface area contributed by atoms with Gasteiger partial charge in [-0.1, -0.05) is 19.1 Å². The van der Waals surface area contributed by atoms with Crippen LogP contribution in [0.3, 0.4) is 0 Å². The summed E-state index contributed by atoms with van der Waals surface area (Å²) in [6, 6.07) is 16.0. The predicted octanol–water partition coefficient (Wildman–Crippen LogP) is 3.50. The minimum Gasteiger partial charge on any atom is -0.494 e. The van der Waals surface area contributed by atoms with E-state index in [4.69, 9.17) is 10.00 Å². The van der Waals surface area contributed by atoms with Gasteiger partial charge in [0.25, 0.3) is 5.91 Å². The van der Waals surface area contributed by atoms with Crippen LogP contribution in [0.15, 0.2) is 53.6 Å². The molecular weight excluding hydrogens is 302 g/mol. The van der Waals surface area contributed by atoms with Crippen LogP contribution >= 0.6 is 0 Å². The zero-order valence-corrected chi connectivity index (χ0v) is 13.7. The monoisotopic (exact) mass is 321 g/mol. The van der Waals surface area contributed by atoms with Gasteiger partial charge in [0.05, 0.1) is 24.0 Å². The molecule has 0 fully saturated rings. The molecule has 0 aliphatic rings. The molecule has 24 heavy (non-hydrogen) atoms. The highest BCUT2D eigenvalue weighted by Crippen LogP contribution is 2.12. The lowest BCUT2D eigenvalue weighted by Crippen LogP contribution is -2.19. The number of carbonyl (C=O) groups is 1. The van der Waals surface area contributed by atoms with Gasteiger partial charge in [-0.3, -0.25) is 4.79 Å². The molecule has 0 aliphatic carbocycles. The molecule has 5 nitrogen and oxygen atoms in total. The van der Waals surface area contributed by atoms with E-state index in [9.17, 15) is 4.79 Å². The molecule has 0 bridgehead atoms. The molecular formula is C19H19N3O2. The largest absolute Gasteiger partial charge is 0.494 e. The van der Waals surface area contributed by atoms with E-state index < -0.39 is 0 Å². The molecule has 1 N–H and O–H groups in total. The van der Waals surface area contributed by atoms with E-state index in [1.165, 1.54) is 0 Å². The van der Waals surface area contributed by atoms with Crippen molar-refractivity contribution in [1.29, 1.82) is 5.26 Å². The summed E-state index contributed by atoms with van der Waals surface area (Å²) in [6.07, 6.45) is 0.936. The van der Waals surface area contributed by atoms with E-state index in [1.54, 1.807) is 55.5 Å².